The van der Waals surface area contributed by atoms with E-state index < -0.39 is 17.5 Å². The molecule has 0 bridgehead atoms. The molecule has 1 N–H and O–H groups in total. The van der Waals surface area contributed by atoms with Crippen molar-refractivity contribution in [2.45, 2.75) is 13.8 Å². The molecule has 2 rings (SSSR count). The number of thiazole rings is 1. The van der Waals surface area contributed by atoms with E-state index in [0.717, 1.165) is 23.5 Å². The summed E-state index contributed by atoms with van der Waals surface area (Å²) in [5.74, 6) is -2.98. The first-order valence-electron chi connectivity index (χ1n) is 6.97. The molecule has 0 spiro atoms. The number of halogens is 2. The number of hydrogen-bond acceptors (Lipinski definition) is 4. The van der Waals surface area contributed by atoms with Gasteiger partial charge in [-0.15, -0.1) is 11.3 Å². The quantitative estimate of drug-likeness (QED) is 0.910. The molecule has 0 fully saturated rings. The third kappa shape index (κ3) is 3.89. The number of nitrogens with zero attached hydrogens (tertiary/aromatic N) is 2. The molecule has 0 saturated carbocycles. The first-order chi connectivity index (χ1) is 11.0. The third-order valence-corrected chi connectivity index (χ3v) is 3.93. The number of benzene rings is 1. The lowest BCUT2D eigenvalue weighted by Gasteiger charge is -2.16. The summed E-state index contributed by atoms with van der Waals surface area (Å²) >= 11 is 1.09. The van der Waals surface area contributed by atoms with Crippen LogP contribution in [0.5, 0.6) is 0 Å². The third-order valence-electron chi connectivity index (χ3n) is 3.18. The molecule has 5 nitrogen and oxygen atoms in total. The van der Waals surface area contributed by atoms with Crippen LogP contribution in [0, 0.1) is 11.6 Å². The Balaban J connectivity index is 2.10. The minimum Gasteiger partial charge on any atom is -0.338 e. The lowest BCUT2D eigenvalue weighted by Crippen LogP contribution is -2.30. The van der Waals surface area contributed by atoms with Gasteiger partial charge in [-0.05, 0) is 32.0 Å². The predicted molar refractivity (Wildman–Crippen MR) is 83.7 cm³/mol. The Morgan fingerprint density at radius 1 is 1.22 bits per heavy atom. The highest BCUT2D eigenvalue weighted by Crippen LogP contribution is 2.18. The molecule has 8 heteroatoms. The zero-order valence-electron chi connectivity index (χ0n) is 12.6. The number of nitrogens with one attached hydrogen (secondary N) is 1. The summed E-state index contributed by atoms with van der Waals surface area (Å²) in [6.07, 6.45) is 0. The molecule has 0 unspecified atom stereocenters. The van der Waals surface area contributed by atoms with Gasteiger partial charge in [-0.1, -0.05) is 0 Å². The Morgan fingerprint density at radius 3 is 2.52 bits per heavy atom. The molecule has 0 radical (unpaired) electrons. The molecular weight excluding hydrogens is 324 g/mol. The molecule has 0 saturated heterocycles. The molecule has 0 aliphatic carbocycles. The fourth-order valence-corrected chi connectivity index (χ4v) is 2.59. The van der Waals surface area contributed by atoms with Gasteiger partial charge in [0.15, 0.2) is 16.8 Å². The molecule has 0 atom stereocenters. The van der Waals surface area contributed by atoms with Crippen LogP contribution in [0.25, 0.3) is 0 Å². The van der Waals surface area contributed by atoms with Crippen LogP contribution in [-0.4, -0.2) is 34.8 Å². The minimum atomic E-state index is -1.10. The maximum atomic E-state index is 13.1. The van der Waals surface area contributed by atoms with Crippen LogP contribution >= 0.6 is 11.3 Å². The van der Waals surface area contributed by atoms with Crippen LogP contribution in [0.3, 0.4) is 0 Å². The maximum absolute atomic E-state index is 13.1. The van der Waals surface area contributed by atoms with Gasteiger partial charge in [0.2, 0.25) is 0 Å². The summed E-state index contributed by atoms with van der Waals surface area (Å²) in [4.78, 5) is 29.8. The lowest BCUT2D eigenvalue weighted by molar-refractivity contribution is 0.0767. The number of aromatic nitrogens is 1. The van der Waals surface area contributed by atoms with Crippen LogP contribution in [0.4, 0.5) is 13.9 Å². The monoisotopic (exact) mass is 339 g/mol. The highest BCUT2D eigenvalue weighted by molar-refractivity contribution is 7.14. The van der Waals surface area contributed by atoms with Gasteiger partial charge in [-0.2, -0.15) is 0 Å². The van der Waals surface area contributed by atoms with Gasteiger partial charge in [0.1, 0.15) is 5.69 Å². The Hall–Kier alpha value is -2.35. The van der Waals surface area contributed by atoms with Gasteiger partial charge in [-0.25, -0.2) is 13.8 Å². The number of carbonyl (C=O) groups excluding carboxylic acids is 2. The van der Waals surface area contributed by atoms with E-state index in [1.807, 2.05) is 13.8 Å². The first kappa shape index (κ1) is 17.0. The number of anilines is 1. The smallest absolute Gasteiger partial charge is 0.273 e. The van der Waals surface area contributed by atoms with Crippen molar-refractivity contribution in [2.24, 2.45) is 0 Å². The predicted octanol–water partition coefficient (Wildman–Crippen LogP) is 3.16. The van der Waals surface area contributed by atoms with Gasteiger partial charge in [0.05, 0.1) is 0 Å². The van der Waals surface area contributed by atoms with E-state index in [1.54, 1.807) is 10.3 Å². The number of carbonyl (C=O) groups is 2. The van der Waals surface area contributed by atoms with Crippen molar-refractivity contribution in [1.29, 1.82) is 0 Å². The van der Waals surface area contributed by atoms with E-state index in [9.17, 15) is 18.4 Å². The summed E-state index contributed by atoms with van der Waals surface area (Å²) in [6.45, 7) is 4.84. The lowest BCUT2D eigenvalue weighted by atomic mass is 10.2. The standard InChI is InChI=1S/C15H15F2N3O2S/c1-3-20(4-2)14(22)12-8-23-15(18-12)19-13(21)9-5-6-10(16)11(17)7-9/h5-8H,3-4H2,1-2H3,(H,18,19,21). The Labute approximate surface area is 136 Å². The normalized spacial score (nSPS) is 10.4. The van der Waals surface area contributed by atoms with Gasteiger partial charge < -0.3 is 4.90 Å². The fourth-order valence-electron chi connectivity index (χ4n) is 1.91. The van der Waals surface area contributed by atoms with E-state index >= 15 is 0 Å². The van der Waals surface area contributed by atoms with Crippen LogP contribution in [0.15, 0.2) is 23.6 Å². The molecule has 0 aliphatic heterocycles. The van der Waals surface area contributed by atoms with Crippen molar-refractivity contribution in [3.63, 3.8) is 0 Å². The second kappa shape index (κ2) is 7.28. The molecule has 1 aromatic heterocycles. The van der Waals surface area contributed by atoms with E-state index in [-0.39, 0.29) is 22.3 Å². The van der Waals surface area contributed by atoms with Crippen molar-refractivity contribution in [2.75, 3.05) is 18.4 Å². The molecule has 122 valence electrons. The first-order valence-corrected chi connectivity index (χ1v) is 7.85. The SMILES string of the molecule is CCN(CC)C(=O)c1csc(NC(=O)c2ccc(F)c(F)c2)n1. The molecule has 0 aliphatic rings. The summed E-state index contributed by atoms with van der Waals surface area (Å²) in [5, 5.41) is 4.22. The average molecular weight is 339 g/mol. The Morgan fingerprint density at radius 2 is 1.91 bits per heavy atom. The molecule has 1 heterocycles. The average Bonchev–Trinajstić information content (AvgIpc) is 2.99. The second-order valence-electron chi connectivity index (χ2n) is 4.60. The van der Waals surface area contributed by atoms with Crippen LogP contribution < -0.4 is 5.32 Å². The Bertz CT molecular complexity index is 729. The van der Waals surface area contributed by atoms with E-state index in [4.69, 9.17) is 0 Å². The molecule has 2 amide bonds. The zero-order valence-corrected chi connectivity index (χ0v) is 13.4. The molecule has 2 aromatic rings. The van der Waals surface area contributed by atoms with Crippen molar-refractivity contribution < 1.29 is 18.4 Å². The summed E-state index contributed by atoms with van der Waals surface area (Å²) < 4.78 is 26.0. The topological polar surface area (TPSA) is 62.3 Å². The summed E-state index contributed by atoms with van der Waals surface area (Å²) in [5.41, 5.74) is 0.204. The van der Waals surface area contributed by atoms with Crippen molar-refractivity contribution in [1.82, 2.24) is 9.88 Å². The zero-order chi connectivity index (χ0) is 17.0. The fraction of sp³-hybridized carbons (Fsp3) is 0.267. The van der Waals surface area contributed by atoms with Crippen molar-refractivity contribution in [3.05, 3.63) is 46.5 Å². The van der Waals surface area contributed by atoms with Crippen molar-refractivity contribution >= 4 is 28.3 Å². The van der Waals surface area contributed by atoms with Crippen LogP contribution in [-0.2, 0) is 0 Å². The van der Waals surface area contributed by atoms with Gasteiger partial charge >= 0.3 is 0 Å². The summed E-state index contributed by atoms with van der Waals surface area (Å²) in [6, 6.07) is 2.85. The molecular formula is C15H15F2N3O2S. The van der Waals surface area contributed by atoms with Crippen LogP contribution in [0.1, 0.15) is 34.7 Å². The summed E-state index contributed by atoms with van der Waals surface area (Å²) in [7, 11) is 0. The van der Waals surface area contributed by atoms with Crippen LogP contribution in [0.2, 0.25) is 0 Å². The second-order valence-corrected chi connectivity index (χ2v) is 5.46. The van der Waals surface area contributed by atoms with Crippen molar-refractivity contribution in [3.8, 4) is 0 Å². The number of rotatable bonds is 5. The van der Waals surface area contributed by atoms with Gasteiger partial charge in [0.25, 0.3) is 11.8 Å². The molecule has 1 aromatic carbocycles. The number of amides is 2. The van der Waals surface area contributed by atoms with E-state index in [1.165, 1.54) is 6.07 Å². The largest absolute Gasteiger partial charge is 0.338 e. The minimum absolute atomic E-state index is 0.0317. The highest BCUT2D eigenvalue weighted by atomic mass is 32.1. The van der Waals surface area contributed by atoms with E-state index in [0.29, 0.717) is 13.1 Å². The number of hydrogen-bond donors (Lipinski definition) is 1. The van der Waals surface area contributed by atoms with Gasteiger partial charge in [0, 0.05) is 24.0 Å². The van der Waals surface area contributed by atoms with Gasteiger partial charge in [-0.3, -0.25) is 14.9 Å². The Kier molecular flexibility index (Phi) is 5.38. The molecule has 23 heavy (non-hydrogen) atoms. The highest BCUT2D eigenvalue weighted by Gasteiger charge is 2.17. The maximum Gasteiger partial charge on any atom is 0.273 e. The van der Waals surface area contributed by atoms with E-state index in [2.05, 4.69) is 10.3 Å².